The molecule has 0 bridgehead atoms. The van der Waals surface area contributed by atoms with E-state index < -0.39 is 0 Å². The van der Waals surface area contributed by atoms with Crippen LogP contribution in [0.1, 0.15) is 32.3 Å². The summed E-state index contributed by atoms with van der Waals surface area (Å²) in [5.74, 6) is 0.385. The Hall–Kier alpha value is -1.51. The van der Waals surface area contributed by atoms with Gasteiger partial charge in [-0.25, -0.2) is 0 Å². The van der Waals surface area contributed by atoms with Gasteiger partial charge in [0.2, 0.25) is 5.91 Å². The molecule has 1 saturated heterocycles. The van der Waals surface area contributed by atoms with Crippen LogP contribution in [0.4, 0.5) is 0 Å². The Morgan fingerprint density at radius 2 is 2.00 bits per heavy atom. The molecule has 98 valence electrons. The maximum absolute atomic E-state index is 12.1. The predicted octanol–water partition coefficient (Wildman–Crippen LogP) is 2.58. The minimum absolute atomic E-state index is 0.163. The van der Waals surface area contributed by atoms with E-state index in [1.165, 1.54) is 0 Å². The van der Waals surface area contributed by atoms with Gasteiger partial charge in [0.05, 0.1) is 6.42 Å². The van der Waals surface area contributed by atoms with E-state index in [0.29, 0.717) is 11.8 Å². The quantitative estimate of drug-likeness (QED) is 0.872. The molecule has 1 aliphatic rings. The number of aromatic hydroxyl groups is 1. The first kappa shape index (κ1) is 12.9. The summed E-state index contributed by atoms with van der Waals surface area (Å²) in [7, 11) is 0. The Morgan fingerprint density at radius 3 is 2.61 bits per heavy atom. The van der Waals surface area contributed by atoms with Crippen LogP contribution in [0.25, 0.3) is 0 Å². The molecule has 18 heavy (non-hydrogen) atoms. The number of carbonyl (C=O) groups is 1. The van der Waals surface area contributed by atoms with Crippen molar-refractivity contribution >= 4 is 5.91 Å². The Bertz CT molecular complexity index is 430. The van der Waals surface area contributed by atoms with E-state index in [0.717, 1.165) is 31.5 Å². The van der Waals surface area contributed by atoms with Gasteiger partial charge >= 0.3 is 0 Å². The Labute approximate surface area is 108 Å². The molecular weight excluding hydrogens is 226 g/mol. The normalized spacial score (nSPS) is 18.7. The van der Waals surface area contributed by atoms with Crippen molar-refractivity contribution in [2.24, 2.45) is 5.41 Å². The summed E-state index contributed by atoms with van der Waals surface area (Å²) in [6.45, 7) is 6.21. The number of phenolic OH excluding ortho intramolecular Hbond substituents is 1. The molecule has 0 saturated carbocycles. The van der Waals surface area contributed by atoms with E-state index in [1.54, 1.807) is 18.2 Å². The standard InChI is InChI=1S/C15H21NO2/c1-15(2)6-8-16(9-7-15)14(18)11-12-4-3-5-13(17)10-12/h3-5,10,17H,6-9,11H2,1-2H3. The van der Waals surface area contributed by atoms with Crippen LogP contribution in [-0.2, 0) is 11.2 Å². The van der Waals surface area contributed by atoms with Gasteiger partial charge in [-0.2, -0.15) is 0 Å². The number of phenols is 1. The lowest BCUT2D eigenvalue weighted by Gasteiger charge is -2.37. The molecule has 3 nitrogen and oxygen atoms in total. The summed E-state index contributed by atoms with van der Waals surface area (Å²) >= 11 is 0. The number of amides is 1. The molecule has 1 amide bonds. The van der Waals surface area contributed by atoms with E-state index >= 15 is 0 Å². The Balaban J connectivity index is 1.93. The molecule has 0 spiro atoms. The lowest BCUT2D eigenvalue weighted by atomic mass is 9.82. The highest BCUT2D eigenvalue weighted by atomic mass is 16.3. The van der Waals surface area contributed by atoms with Crippen molar-refractivity contribution in [3.63, 3.8) is 0 Å². The number of hydrogen-bond acceptors (Lipinski definition) is 2. The SMILES string of the molecule is CC1(C)CCN(C(=O)Cc2cccc(O)c2)CC1. The largest absolute Gasteiger partial charge is 0.508 e. The van der Waals surface area contributed by atoms with Crippen LogP contribution >= 0.6 is 0 Å². The van der Waals surface area contributed by atoms with Crippen molar-refractivity contribution in [2.45, 2.75) is 33.1 Å². The maximum Gasteiger partial charge on any atom is 0.226 e. The highest BCUT2D eigenvalue weighted by Crippen LogP contribution is 2.29. The third-order valence-corrected chi connectivity index (χ3v) is 3.74. The van der Waals surface area contributed by atoms with E-state index in [1.807, 2.05) is 11.0 Å². The summed E-state index contributed by atoms with van der Waals surface area (Å²) in [5.41, 5.74) is 1.24. The van der Waals surface area contributed by atoms with Gasteiger partial charge in [0.25, 0.3) is 0 Å². The van der Waals surface area contributed by atoms with Crippen LogP contribution in [0.2, 0.25) is 0 Å². The van der Waals surface area contributed by atoms with Crippen LogP contribution in [0.15, 0.2) is 24.3 Å². The first-order valence-corrected chi connectivity index (χ1v) is 6.52. The van der Waals surface area contributed by atoms with Crippen LogP contribution in [0.3, 0.4) is 0 Å². The zero-order valence-corrected chi connectivity index (χ0v) is 11.1. The second-order valence-electron chi connectivity index (χ2n) is 5.89. The Kier molecular flexibility index (Phi) is 3.60. The van der Waals surface area contributed by atoms with Crippen molar-refractivity contribution in [3.05, 3.63) is 29.8 Å². The zero-order chi connectivity index (χ0) is 13.2. The van der Waals surface area contributed by atoms with Gasteiger partial charge in [-0.1, -0.05) is 26.0 Å². The number of hydrogen-bond donors (Lipinski definition) is 1. The number of likely N-dealkylation sites (tertiary alicyclic amines) is 1. The molecule has 0 aromatic heterocycles. The highest BCUT2D eigenvalue weighted by molar-refractivity contribution is 5.79. The van der Waals surface area contributed by atoms with E-state index in [9.17, 15) is 9.90 Å². The highest BCUT2D eigenvalue weighted by Gasteiger charge is 2.27. The van der Waals surface area contributed by atoms with Gasteiger partial charge in [-0.15, -0.1) is 0 Å². The fourth-order valence-corrected chi connectivity index (χ4v) is 2.31. The predicted molar refractivity (Wildman–Crippen MR) is 71.4 cm³/mol. The van der Waals surface area contributed by atoms with Gasteiger partial charge in [0.15, 0.2) is 0 Å². The second-order valence-corrected chi connectivity index (χ2v) is 5.89. The van der Waals surface area contributed by atoms with Crippen molar-refractivity contribution in [1.29, 1.82) is 0 Å². The van der Waals surface area contributed by atoms with Crippen molar-refractivity contribution in [1.82, 2.24) is 4.90 Å². The molecule has 1 heterocycles. The fraction of sp³-hybridized carbons (Fsp3) is 0.533. The van der Waals surface area contributed by atoms with Crippen molar-refractivity contribution in [3.8, 4) is 5.75 Å². The summed E-state index contributed by atoms with van der Waals surface area (Å²) in [6.07, 6.45) is 2.52. The smallest absolute Gasteiger partial charge is 0.226 e. The van der Waals surface area contributed by atoms with E-state index in [2.05, 4.69) is 13.8 Å². The molecule has 1 aromatic carbocycles. The van der Waals surface area contributed by atoms with Gasteiger partial charge in [-0.05, 0) is 36.0 Å². The monoisotopic (exact) mass is 247 g/mol. The first-order chi connectivity index (χ1) is 8.46. The van der Waals surface area contributed by atoms with Crippen molar-refractivity contribution in [2.75, 3.05) is 13.1 Å². The summed E-state index contributed by atoms with van der Waals surface area (Å²) < 4.78 is 0. The molecule has 1 aliphatic heterocycles. The van der Waals surface area contributed by atoms with Gasteiger partial charge in [0, 0.05) is 13.1 Å². The number of carbonyl (C=O) groups excluding carboxylic acids is 1. The molecule has 3 heteroatoms. The van der Waals surface area contributed by atoms with E-state index in [4.69, 9.17) is 0 Å². The van der Waals surface area contributed by atoms with Crippen molar-refractivity contribution < 1.29 is 9.90 Å². The lowest BCUT2D eigenvalue weighted by molar-refractivity contribution is -0.132. The number of piperidine rings is 1. The number of rotatable bonds is 2. The average Bonchev–Trinajstić information content (AvgIpc) is 2.28. The minimum atomic E-state index is 0.163. The molecular formula is C15H21NO2. The molecule has 0 aliphatic carbocycles. The second kappa shape index (κ2) is 5.01. The summed E-state index contributed by atoms with van der Waals surface area (Å²) in [4.78, 5) is 14.1. The number of nitrogens with zero attached hydrogens (tertiary/aromatic N) is 1. The lowest BCUT2D eigenvalue weighted by Crippen LogP contribution is -2.41. The third kappa shape index (κ3) is 3.25. The fourth-order valence-electron chi connectivity index (χ4n) is 2.31. The zero-order valence-electron chi connectivity index (χ0n) is 11.1. The molecule has 1 N–H and O–H groups in total. The minimum Gasteiger partial charge on any atom is -0.508 e. The first-order valence-electron chi connectivity index (χ1n) is 6.52. The maximum atomic E-state index is 12.1. The molecule has 2 rings (SSSR count). The van der Waals surface area contributed by atoms with Crippen LogP contribution in [0, 0.1) is 5.41 Å². The molecule has 0 unspecified atom stereocenters. The van der Waals surface area contributed by atoms with Gasteiger partial charge < -0.3 is 10.0 Å². The average molecular weight is 247 g/mol. The summed E-state index contributed by atoms with van der Waals surface area (Å²) in [6, 6.07) is 6.94. The Morgan fingerprint density at radius 1 is 1.33 bits per heavy atom. The van der Waals surface area contributed by atoms with Crippen LogP contribution in [0.5, 0.6) is 5.75 Å². The van der Waals surface area contributed by atoms with E-state index in [-0.39, 0.29) is 11.7 Å². The molecule has 0 atom stereocenters. The summed E-state index contributed by atoms with van der Waals surface area (Å²) in [5, 5.41) is 9.38. The molecule has 0 radical (unpaired) electrons. The van der Waals surface area contributed by atoms with Gasteiger partial charge in [0.1, 0.15) is 5.75 Å². The molecule has 1 fully saturated rings. The third-order valence-electron chi connectivity index (χ3n) is 3.74. The van der Waals surface area contributed by atoms with Crippen LogP contribution in [-0.4, -0.2) is 29.0 Å². The molecule has 1 aromatic rings. The van der Waals surface area contributed by atoms with Crippen LogP contribution < -0.4 is 0 Å². The van der Waals surface area contributed by atoms with Gasteiger partial charge in [-0.3, -0.25) is 4.79 Å². The number of benzene rings is 1. The topological polar surface area (TPSA) is 40.5 Å².